The second-order valence-corrected chi connectivity index (χ2v) is 5.73. The summed E-state index contributed by atoms with van der Waals surface area (Å²) < 4.78 is 10.6. The Kier molecular flexibility index (Phi) is 6.61. The van der Waals surface area contributed by atoms with Gasteiger partial charge in [-0.3, -0.25) is 4.99 Å². The fraction of sp³-hybridized carbons (Fsp3) is 0.625. The van der Waals surface area contributed by atoms with Crippen LogP contribution < -0.4 is 15.4 Å². The van der Waals surface area contributed by atoms with Crippen molar-refractivity contribution < 1.29 is 14.6 Å². The monoisotopic (exact) mass is 322 g/mol. The van der Waals surface area contributed by atoms with Gasteiger partial charge < -0.3 is 25.2 Å². The first-order valence-corrected chi connectivity index (χ1v) is 7.84. The van der Waals surface area contributed by atoms with Crippen LogP contribution in [0.2, 0.25) is 0 Å². The van der Waals surface area contributed by atoms with E-state index in [9.17, 15) is 5.11 Å². The SMILES string of the molecule is CN=C(NCc1cccc(OC)n1)NCC1(CCO)CCOC1. The molecule has 0 amide bonds. The number of aliphatic hydroxyl groups is 1. The Morgan fingerprint density at radius 1 is 1.48 bits per heavy atom. The molecule has 0 radical (unpaired) electrons. The summed E-state index contributed by atoms with van der Waals surface area (Å²) >= 11 is 0. The third kappa shape index (κ3) is 5.07. The van der Waals surface area contributed by atoms with Crippen LogP contribution >= 0.6 is 0 Å². The summed E-state index contributed by atoms with van der Waals surface area (Å²) in [6, 6.07) is 5.65. The van der Waals surface area contributed by atoms with E-state index in [0.29, 0.717) is 25.0 Å². The molecule has 0 aromatic carbocycles. The van der Waals surface area contributed by atoms with Crippen molar-refractivity contribution in [2.24, 2.45) is 10.4 Å². The number of nitrogens with zero attached hydrogens (tertiary/aromatic N) is 2. The fourth-order valence-electron chi connectivity index (χ4n) is 2.65. The molecule has 23 heavy (non-hydrogen) atoms. The molecule has 0 saturated carbocycles. The van der Waals surface area contributed by atoms with Gasteiger partial charge in [0.05, 0.1) is 26.0 Å². The maximum Gasteiger partial charge on any atom is 0.213 e. The van der Waals surface area contributed by atoms with Crippen molar-refractivity contribution in [2.45, 2.75) is 19.4 Å². The van der Waals surface area contributed by atoms with Gasteiger partial charge in [-0.2, -0.15) is 0 Å². The molecule has 0 bridgehead atoms. The second-order valence-electron chi connectivity index (χ2n) is 5.73. The molecule has 1 atom stereocenters. The van der Waals surface area contributed by atoms with Gasteiger partial charge in [0.15, 0.2) is 5.96 Å². The molecule has 7 heteroatoms. The maximum absolute atomic E-state index is 9.27. The maximum atomic E-state index is 9.27. The fourth-order valence-corrected chi connectivity index (χ4v) is 2.65. The predicted octanol–water partition coefficient (Wildman–Crippen LogP) is 0.544. The molecule has 1 aromatic heterocycles. The number of methoxy groups -OCH3 is 1. The van der Waals surface area contributed by atoms with Gasteiger partial charge in [-0.05, 0) is 18.9 Å². The topological polar surface area (TPSA) is 88.0 Å². The van der Waals surface area contributed by atoms with Gasteiger partial charge in [0, 0.05) is 38.3 Å². The van der Waals surface area contributed by atoms with Crippen molar-refractivity contribution in [1.29, 1.82) is 0 Å². The third-order valence-corrected chi connectivity index (χ3v) is 4.11. The minimum atomic E-state index is -0.0133. The highest BCUT2D eigenvalue weighted by Crippen LogP contribution is 2.31. The number of aliphatic hydroxyl groups excluding tert-OH is 1. The Labute approximate surface area is 137 Å². The van der Waals surface area contributed by atoms with Crippen LogP contribution in [0.15, 0.2) is 23.2 Å². The van der Waals surface area contributed by atoms with Crippen LogP contribution in [-0.2, 0) is 11.3 Å². The van der Waals surface area contributed by atoms with Crippen molar-refractivity contribution in [3.63, 3.8) is 0 Å². The Morgan fingerprint density at radius 3 is 3.00 bits per heavy atom. The molecular formula is C16H26N4O3. The molecule has 1 fully saturated rings. The van der Waals surface area contributed by atoms with E-state index in [0.717, 1.165) is 31.7 Å². The summed E-state index contributed by atoms with van der Waals surface area (Å²) in [5.74, 6) is 1.30. The summed E-state index contributed by atoms with van der Waals surface area (Å²) in [6.45, 7) is 2.88. The lowest BCUT2D eigenvalue weighted by Crippen LogP contribution is -2.44. The Morgan fingerprint density at radius 2 is 2.35 bits per heavy atom. The van der Waals surface area contributed by atoms with Gasteiger partial charge in [-0.25, -0.2) is 4.98 Å². The molecule has 0 aliphatic carbocycles. The standard InChI is InChI=1S/C16H26N4O3/c1-17-15(18-10-13-4-3-5-14(20-13)22-2)19-11-16(6-8-21)7-9-23-12-16/h3-5,21H,6-12H2,1-2H3,(H2,17,18,19). The van der Waals surface area contributed by atoms with E-state index in [2.05, 4.69) is 20.6 Å². The van der Waals surface area contributed by atoms with Crippen LogP contribution in [0.5, 0.6) is 5.88 Å². The van der Waals surface area contributed by atoms with Crippen molar-refractivity contribution in [2.75, 3.05) is 40.5 Å². The third-order valence-electron chi connectivity index (χ3n) is 4.11. The molecule has 1 unspecified atom stereocenters. The number of guanidine groups is 1. The normalized spacial score (nSPS) is 21.3. The highest BCUT2D eigenvalue weighted by atomic mass is 16.5. The number of pyridine rings is 1. The molecule has 2 rings (SSSR count). The molecule has 2 heterocycles. The molecule has 1 aliphatic heterocycles. The van der Waals surface area contributed by atoms with Crippen LogP contribution in [0.25, 0.3) is 0 Å². The zero-order valence-electron chi connectivity index (χ0n) is 13.8. The Hall–Kier alpha value is -1.86. The summed E-state index contributed by atoms with van der Waals surface area (Å²) in [5, 5.41) is 15.8. The van der Waals surface area contributed by atoms with Crippen LogP contribution in [0.3, 0.4) is 0 Å². The number of hydrogen-bond donors (Lipinski definition) is 3. The molecule has 3 N–H and O–H groups in total. The largest absolute Gasteiger partial charge is 0.481 e. The number of aromatic nitrogens is 1. The number of ether oxygens (including phenoxy) is 2. The zero-order chi connectivity index (χ0) is 16.5. The zero-order valence-corrected chi connectivity index (χ0v) is 13.8. The first-order chi connectivity index (χ1) is 11.2. The van der Waals surface area contributed by atoms with Crippen molar-refractivity contribution >= 4 is 5.96 Å². The second kappa shape index (κ2) is 8.69. The molecule has 1 saturated heterocycles. The van der Waals surface area contributed by atoms with Gasteiger partial charge in [0.25, 0.3) is 0 Å². The van der Waals surface area contributed by atoms with Crippen molar-refractivity contribution in [3.05, 3.63) is 23.9 Å². The first-order valence-electron chi connectivity index (χ1n) is 7.84. The quantitative estimate of drug-likeness (QED) is 0.502. The van der Waals surface area contributed by atoms with E-state index in [1.807, 2.05) is 18.2 Å². The van der Waals surface area contributed by atoms with E-state index in [4.69, 9.17) is 9.47 Å². The number of nitrogens with one attached hydrogen (secondary N) is 2. The molecule has 1 aliphatic rings. The highest BCUT2D eigenvalue weighted by molar-refractivity contribution is 5.79. The lowest BCUT2D eigenvalue weighted by Gasteiger charge is -2.27. The van der Waals surface area contributed by atoms with Crippen molar-refractivity contribution in [3.8, 4) is 5.88 Å². The van der Waals surface area contributed by atoms with Crippen LogP contribution in [0.1, 0.15) is 18.5 Å². The summed E-state index contributed by atoms with van der Waals surface area (Å²) in [5.41, 5.74) is 0.863. The minimum Gasteiger partial charge on any atom is -0.481 e. The Balaban J connectivity index is 1.85. The van der Waals surface area contributed by atoms with Crippen LogP contribution in [0.4, 0.5) is 0 Å². The van der Waals surface area contributed by atoms with Gasteiger partial charge in [0.1, 0.15) is 0 Å². The molecule has 0 spiro atoms. The first kappa shape index (κ1) is 17.5. The smallest absolute Gasteiger partial charge is 0.213 e. The summed E-state index contributed by atoms with van der Waals surface area (Å²) in [7, 11) is 3.34. The van der Waals surface area contributed by atoms with E-state index >= 15 is 0 Å². The highest BCUT2D eigenvalue weighted by Gasteiger charge is 2.34. The minimum absolute atomic E-state index is 0.0133. The molecular weight excluding hydrogens is 296 g/mol. The Bertz CT molecular complexity index is 516. The van der Waals surface area contributed by atoms with Crippen LogP contribution in [0, 0.1) is 5.41 Å². The van der Waals surface area contributed by atoms with Gasteiger partial charge in [-0.15, -0.1) is 0 Å². The number of aliphatic imine (C=N–C) groups is 1. The molecule has 1 aromatic rings. The average Bonchev–Trinajstić information content (AvgIpc) is 3.04. The number of hydrogen-bond acceptors (Lipinski definition) is 5. The predicted molar refractivity (Wildman–Crippen MR) is 88.6 cm³/mol. The molecule has 128 valence electrons. The van der Waals surface area contributed by atoms with E-state index in [-0.39, 0.29) is 12.0 Å². The van der Waals surface area contributed by atoms with Crippen LogP contribution in [-0.4, -0.2) is 56.6 Å². The van der Waals surface area contributed by atoms with E-state index in [1.165, 1.54) is 0 Å². The van der Waals surface area contributed by atoms with E-state index < -0.39 is 0 Å². The number of rotatable bonds is 7. The van der Waals surface area contributed by atoms with Gasteiger partial charge in [0.2, 0.25) is 5.88 Å². The summed E-state index contributed by atoms with van der Waals surface area (Å²) in [4.78, 5) is 8.59. The lowest BCUT2D eigenvalue weighted by atomic mass is 9.84. The van der Waals surface area contributed by atoms with Gasteiger partial charge in [-0.1, -0.05) is 6.07 Å². The van der Waals surface area contributed by atoms with Crippen molar-refractivity contribution in [1.82, 2.24) is 15.6 Å². The van der Waals surface area contributed by atoms with E-state index in [1.54, 1.807) is 14.2 Å². The lowest BCUT2D eigenvalue weighted by molar-refractivity contribution is 0.127. The van der Waals surface area contributed by atoms with Gasteiger partial charge >= 0.3 is 0 Å². The summed E-state index contributed by atoms with van der Waals surface area (Å²) in [6.07, 6.45) is 1.68. The molecule has 7 nitrogen and oxygen atoms in total. The average molecular weight is 322 g/mol.